The number of nitrogens with one attached hydrogen (secondary N) is 1. The number of benzene rings is 1. The van der Waals surface area contributed by atoms with Crippen LogP contribution in [-0.2, 0) is 9.59 Å². The van der Waals surface area contributed by atoms with Crippen molar-refractivity contribution in [2.75, 3.05) is 38.1 Å². The molecule has 0 saturated carbocycles. The van der Waals surface area contributed by atoms with Crippen LogP contribution in [0.1, 0.15) is 6.42 Å². The average molecular weight is 450 g/mol. The van der Waals surface area contributed by atoms with Crippen LogP contribution in [0.25, 0.3) is 0 Å². The van der Waals surface area contributed by atoms with E-state index < -0.39 is 5.92 Å². The van der Waals surface area contributed by atoms with Crippen molar-refractivity contribution in [2.24, 2.45) is 5.92 Å². The van der Waals surface area contributed by atoms with Gasteiger partial charge in [-0.3, -0.25) is 9.59 Å². The zero-order valence-electron chi connectivity index (χ0n) is 15.7. The molecular weight excluding hydrogens is 430 g/mol. The predicted octanol–water partition coefficient (Wildman–Crippen LogP) is 2.86. The summed E-state index contributed by atoms with van der Waals surface area (Å²) in [4.78, 5) is 30.8. The summed E-state index contributed by atoms with van der Waals surface area (Å²) in [6.07, 6.45) is 1.71. The Morgan fingerprint density at radius 3 is 2.39 bits per heavy atom. The number of anilines is 2. The highest BCUT2D eigenvalue weighted by molar-refractivity contribution is 9.10. The first-order chi connectivity index (χ1) is 13.5. The van der Waals surface area contributed by atoms with E-state index in [4.69, 9.17) is 14.2 Å². The predicted molar refractivity (Wildman–Crippen MR) is 107 cm³/mol. The number of hydrogen-bond donors (Lipinski definition) is 1. The van der Waals surface area contributed by atoms with E-state index in [9.17, 15) is 9.59 Å². The van der Waals surface area contributed by atoms with Crippen LogP contribution >= 0.6 is 15.9 Å². The van der Waals surface area contributed by atoms with Crippen molar-refractivity contribution in [3.63, 3.8) is 0 Å². The molecule has 1 aliphatic rings. The number of hydrogen-bond acceptors (Lipinski definition) is 6. The summed E-state index contributed by atoms with van der Waals surface area (Å²) >= 11 is 3.30. The Morgan fingerprint density at radius 2 is 1.86 bits per heavy atom. The molecule has 3 rings (SSSR count). The van der Waals surface area contributed by atoms with E-state index in [1.807, 2.05) is 0 Å². The lowest BCUT2D eigenvalue weighted by Gasteiger charge is -2.20. The van der Waals surface area contributed by atoms with Gasteiger partial charge in [0.2, 0.25) is 17.6 Å². The highest BCUT2D eigenvalue weighted by Gasteiger charge is 2.36. The number of aromatic nitrogens is 1. The molecule has 1 aromatic heterocycles. The average Bonchev–Trinajstić information content (AvgIpc) is 3.10. The molecule has 9 heteroatoms. The molecule has 0 radical (unpaired) electrons. The third-order valence-corrected chi connectivity index (χ3v) is 4.90. The van der Waals surface area contributed by atoms with Crippen molar-refractivity contribution in [1.82, 2.24) is 4.98 Å². The molecule has 1 unspecified atom stereocenters. The molecule has 8 nitrogen and oxygen atoms in total. The monoisotopic (exact) mass is 449 g/mol. The largest absolute Gasteiger partial charge is 0.493 e. The van der Waals surface area contributed by atoms with Gasteiger partial charge in [0, 0.05) is 35.8 Å². The molecule has 0 spiro atoms. The molecule has 1 N–H and O–H groups in total. The number of pyridine rings is 1. The maximum atomic E-state index is 12.6. The molecular formula is C19H20BrN3O5. The van der Waals surface area contributed by atoms with E-state index in [-0.39, 0.29) is 24.8 Å². The van der Waals surface area contributed by atoms with Gasteiger partial charge < -0.3 is 24.4 Å². The van der Waals surface area contributed by atoms with E-state index in [0.717, 1.165) is 4.47 Å². The standard InChI is InChI=1S/C19H20BrN3O5/c1-26-14-7-13(8-15(27-2)18(14)28-3)23-10-11(6-17(23)24)19(25)22-16-5-4-12(20)9-21-16/h4-5,7-9,11H,6,10H2,1-3H3,(H,21,22,25). The lowest BCUT2D eigenvalue weighted by atomic mass is 10.1. The van der Waals surface area contributed by atoms with Crippen LogP contribution in [0.4, 0.5) is 11.5 Å². The minimum Gasteiger partial charge on any atom is -0.493 e. The first-order valence-electron chi connectivity index (χ1n) is 8.49. The van der Waals surface area contributed by atoms with Gasteiger partial charge in [-0.2, -0.15) is 0 Å². The van der Waals surface area contributed by atoms with Gasteiger partial charge in [0.05, 0.1) is 32.9 Å². The molecule has 1 fully saturated rings. The van der Waals surface area contributed by atoms with Crippen LogP contribution in [0.2, 0.25) is 0 Å². The number of amides is 2. The molecule has 1 aromatic carbocycles. The quantitative estimate of drug-likeness (QED) is 0.728. The molecule has 1 atom stereocenters. The first kappa shape index (κ1) is 19.9. The smallest absolute Gasteiger partial charge is 0.230 e. The maximum Gasteiger partial charge on any atom is 0.230 e. The summed E-state index contributed by atoms with van der Waals surface area (Å²) < 4.78 is 16.8. The van der Waals surface area contributed by atoms with E-state index >= 15 is 0 Å². The minimum absolute atomic E-state index is 0.110. The van der Waals surface area contributed by atoms with Gasteiger partial charge in [0.1, 0.15) is 5.82 Å². The van der Waals surface area contributed by atoms with E-state index in [0.29, 0.717) is 28.8 Å². The number of carbonyl (C=O) groups is 2. The summed E-state index contributed by atoms with van der Waals surface area (Å²) in [5, 5.41) is 2.75. The second-order valence-corrected chi connectivity index (χ2v) is 7.06. The summed E-state index contributed by atoms with van der Waals surface area (Å²) in [6.45, 7) is 0.250. The zero-order valence-corrected chi connectivity index (χ0v) is 17.3. The van der Waals surface area contributed by atoms with Crippen molar-refractivity contribution in [1.29, 1.82) is 0 Å². The third-order valence-electron chi connectivity index (χ3n) is 4.44. The van der Waals surface area contributed by atoms with Crippen LogP contribution in [0.5, 0.6) is 17.2 Å². The molecule has 1 saturated heterocycles. The molecule has 0 bridgehead atoms. The van der Waals surface area contributed by atoms with Gasteiger partial charge in [-0.15, -0.1) is 0 Å². The summed E-state index contributed by atoms with van der Waals surface area (Å²) in [5.74, 6) is 0.865. The van der Waals surface area contributed by atoms with Crippen molar-refractivity contribution in [3.05, 3.63) is 34.9 Å². The second kappa shape index (κ2) is 8.47. The minimum atomic E-state index is -0.489. The highest BCUT2D eigenvalue weighted by atomic mass is 79.9. The van der Waals surface area contributed by atoms with Crippen molar-refractivity contribution in [2.45, 2.75) is 6.42 Å². The lowest BCUT2D eigenvalue weighted by molar-refractivity contribution is -0.122. The summed E-state index contributed by atoms with van der Waals surface area (Å²) in [6, 6.07) is 6.85. The van der Waals surface area contributed by atoms with Crippen LogP contribution in [0.15, 0.2) is 34.9 Å². The van der Waals surface area contributed by atoms with Gasteiger partial charge in [0.15, 0.2) is 11.5 Å². The fourth-order valence-electron chi connectivity index (χ4n) is 3.03. The lowest BCUT2D eigenvalue weighted by Crippen LogP contribution is -2.28. The topological polar surface area (TPSA) is 90.0 Å². The SMILES string of the molecule is COc1cc(N2CC(C(=O)Nc3ccc(Br)cn3)CC2=O)cc(OC)c1OC. The van der Waals surface area contributed by atoms with Crippen molar-refractivity contribution >= 4 is 39.2 Å². The van der Waals surface area contributed by atoms with Crippen molar-refractivity contribution in [3.8, 4) is 17.2 Å². The Kier molecular flexibility index (Phi) is 6.03. The van der Waals surface area contributed by atoms with Gasteiger partial charge in [-0.05, 0) is 28.1 Å². The number of rotatable bonds is 6. The van der Waals surface area contributed by atoms with E-state index in [1.54, 1.807) is 35.4 Å². The van der Waals surface area contributed by atoms with Crippen LogP contribution in [0, 0.1) is 5.92 Å². The first-order valence-corrected chi connectivity index (χ1v) is 9.29. The number of nitrogens with zero attached hydrogens (tertiary/aromatic N) is 2. The van der Waals surface area contributed by atoms with Gasteiger partial charge in [0.25, 0.3) is 0 Å². The van der Waals surface area contributed by atoms with Gasteiger partial charge >= 0.3 is 0 Å². The van der Waals surface area contributed by atoms with Crippen LogP contribution < -0.4 is 24.4 Å². The second-order valence-electron chi connectivity index (χ2n) is 6.14. The highest BCUT2D eigenvalue weighted by Crippen LogP contribution is 2.42. The summed E-state index contributed by atoms with van der Waals surface area (Å²) in [5.41, 5.74) is 0.580. The molecule has 148 valence electrons. The van der Waals surface area contributed by atoms with Crippen molar-refractivity contribution < 1.29 is 23.8 Å². The van der Waals surface area contributed by atoms with E-state index in [1.165, 1.54) is 21.3 Å². The number of carbonyl (C=O) groups excluding carboxylic acids is 2. The Bertz CT molecular complexity index is 863. The van der Waals surface area contributed by atoms with Gasteiger partial charge in [-0.1, -0.05) is 0 Å². The molecule has 2 aromatic rings. The normalized spacial score (nSPS) is 16.1. The Balaban J connectivity index is 1.79. The number of halogens is 1. The number of ether oxygens (including phenoxy) is 3. The molecule has 0 aliphatic carbocycles. The molecule has 2 amide bonds. The Morgan fingerprint density at radius 1 is 1.18 bits per heavy atom. The Hall–Kier alpha value is -2.81. The molecule has 1 aliphatic heterocycles. The zero-order chi connectivity index (χ0) is 20.3. The Labute approximate surface area is 170 Å². The van der Waals surface area contributed by atoms with Gasteiger partial charge in [-0.25, -0.2) is 4.98 Å². The van der Waals surface area contributed by atoms with E-state index in [2.05, 4.69) is 26.2 Å². The molecule has 2 heterocycles. The van der Waals surface area contributed by atoms with Crippen LogP contribution in [-0.4, -0.2) is 44.7 Å². The number of methoxy groups -OCH3 is 3. The summed E-state index contributed by atoms with van der Waals surface area (Å²) in [7, 11) is 4.53. The molecule has 28 heavy (non-hydrogen) atoms. The third kappa shape index (κ3) is 4.04. The fourth-order valence-corrected chi connectivity index (χ4v) is 3.27. The fraction of sp³-hybridized carbons (Fsp3) is 0.316. The maximum absolute atomic E-state index is 12.6. The van der Waals surface area contributed by atoms with Crippen LogP contribution in [0.3, 0.4) is 0 Å².